The standard InChI is InChI=1S/C20H23BrN2O4/c1-5-18(24)22-14-8-7-12(3)16(11-14)23-20(25)13-9-15(21)19(27-6-2)17(10-13)26-4/h7-11H,5-6H2,1-4H3,(H,22,24)(H,23,25). The molecule has 0 unspecified atom stereocenters. The van der Waals surface area contributed by atoms with E-state index in [-0.39, 0.29) is 11.8 Å². The number of carbonyl (C=O) groups excluding carboxylic acids is 2. The van der Waals surface area contributed by atoms with Crippen molar-refractivity contribution in [2.75, 3.05) is 24.4 Å². The molecular weight excluding hydrogens is 412 g/mol. The Balaban J connectivity index is 2.28. The fraction of sp³-hybridized carbons (Fsp3) is 0.300. The summed E-state index contributed by atoms with van der Waals surface area (Å²) in [6, 6.07) is 8.69. The molecule has 2 aromatic rings. The van der Waals surface area contributed by atoms with Gasteiger partial charge in [0.2, 0.25) is 5.91 Å². The second-order valence-corrected chi connectivity index (χ2v) is 6.66. The first kappa shape index (κ1) is 20.8. The lowest BCUT2D eigenvalue weighted by molar-refractivity contribution is -0.115. The first-order chi connectivity index (χ1) is 12.9. The molecule has 144 valence electrons. The summed E-state index contributed by atoms with van der Waals surface area (Å²) in [7, 11) is 1.52. The number of nitrogens with one attached hydrogen (secondary N) is 2. The average molecular weight is 435 g/mol. The Kier molecular flexibility index (Phi) is 7.24. The number of aryl methyl sites for hydroxylation is 1. The van der Waals surface area contributed by atoms with E-state index in [0.717, 1.165) is 5.56 Å². The number of ether oxygens (including phenoxy) is 2. The highest BCUT2D eigenvalue weighted by Crippen LogP contribution is 2.37. The maximum Gasteiger partial charge on any atom is 0.255 e. The van der Waals surface area contributed by atoms with E-state index >= 15 is 0 Å². The zero-order chi connectivity index (χ0) is 20.0. The molecule has 27 heavy (non-hydrogen) atoms. The van der Waals surface area contributed by atoms with Gasteiger partial charge in [-0.05, 0) is 59.6 Å². The molecule has 0 aliphatic rings. The summed E-state index contributed by atoms with van der Waals surface area (Å²) in [5.41, 5.74) is 2.56. The maximum absolute atomic E-state index is 12.7. The highest BCUT2D eigenvalue weighted by molar-refractivity contribution is 9.10. The molecule has 6 nitrogen and oxygen atoms in total. The molecule has 0 spiro atoms. The van der Waals surface area contributed by atoms with E-state index < -0.39 is 0 Å². The normalized spacial score (nSPS) is 10.3. The minimum Gasteiger partial charge on any atom is -0.493 e. The van der Waals surface area contributed by atoms with Gasteiger partial charge in [0.05, 0.1) is 18.2 Å². The highest BCUT2D eigenvalue weighted by Gasteiger charge is 2.16. The molecule has 7 heteroatoms. The monoisotopic (exact) mass is 434 g/mol. The number of amides is 2. The minimum absolute atomic E-state index is 0.0868. The Morgan fingerprint density at radius 1 is 1.11 bits per heavy atom. The van der Waals surface area contributed by atoms with Gasteiger partial charge in [0.15, 0.2) is 11.5 Å². The lowest BCUT2D eigenvalue weighted by Gasteiger charge is -2.14. The first-order valence-electron chi connectivity index (χ1n) is 8.61. The smallest absolute Gasteiger partial charge is 0.255 e. The number of hydrogen-bond donors (Lipinski definition) is 2. The molecule has 2 rings (SSSR count). The van der Waals surface area contributed by atoms with Crippen molar-refractivity contribution >= 4 is 39.1 Å². The number of methoxy groups -OCH3 is 1. The fourth-order valence-electron chi connectivity index (χ4n) is 2.41. The van der Waals surface area contributed by atoms with Gasteiger partial charge in [-0.2, -0.15) is 0 Å². The predicted octanol–water partition coefficient (Wildman–Crippen LogP) is 4.77. The number of hydrogen-bond acceptors (Lipinski definition) is 4. The van der Waals surface area contributed by atoms with Crippen molar-refractivity contribution in [3.63, 3.8) is 0 Å². The summed E-state index contributed by atoms with van der Waals surface area (Å²) >= 11 is 3.42. The van der Waals surface area contributed by atoms with Gasteiger partial charge in [-0.25, -0.2) is 0 Å². The van der Waals surface area contributed by atoms with E-state index in [1.807, 2.05) is 19.9 Å². The molecule has 0 fully saturated rings. The zero-order valence-electron chi connectivity index (χ0n) is 15.8. The number of carbonyl (C=O) groups is 2. The summed E-state index contributed by atoms with van der Waals surface area (Å²) in [4.78, 5) is 24.3. The third-order valence-electron chi connectivity index (χ3n) is 3.87. The summed E-state index contributed by atoms with van der Waals surface area (Å²) in [6.45, 7) is 6.02. The molecule has 0 saturated heterocycles. The number of halogens is 1. The summed E-state index contributed by atoms with van der Waals surface area (Å²) in [5, 5.41) is 5.67. The van der Waals surface area contributed by atoms with Crippen molar-refractivity contribution in [1.82, 2.24) is 0 Å². The Hall–Kier alpha value is -2.54. The van der Waals surface area contributed by atoms with E-state index in [9.17, 15) is 9.59 Å². The van der Waals surface area contributed by atoms with E-state index in [1.54, 1.807) is 31.2 Å². The SMILES string of the molecule is CCOc1c(Br)cc(C(=O)Nc2cc(NC(=O)CC)ccc2C)cc1OC. The first-order valence-corrected chi connectivity index (χ1v) is 9.41. The van der Waals surface area contributed by atoms with Gasteiger partial charge in [-0.1, -0.05) is 13.0 Å². The Morgan fingerprint density at radius 2 is 1.85 bits per heavy atom. The molecule has 2 N–H and O–H groups in total. The van der Waals surface area contributed by atoms with Crippen LogP contribution < -0.4 is 20.1 Å². The van der Waals surface area contributed by atoms with Crippen LogP contribution in [0.3, 0.4) is 0 Å². The molecule has 0 aliphatic carbocycles. The molecule has 0 saturated carbocycles. The van der Waals surface area contributed by atoms with Crippen LogP contribution in [0.25, 0.3) is 0 Å². The number of anilines is 2. The lowest BCUT2D eigenvalue weighted by Crippen LogP contribution is -2.14. The van der Waals surface area contributed by atoms with Crippen LogP contribution in [0, 0.1) is 6.92 Å². The van der Waals surface area contributed by atoms with Gasteiger partial charge in [-0.3, -0.25) is 9.59 Å². The number of rotatable bonds is 7. The van der Waals surface area contributed by atoms with Crippen LogP contribution in [0.5, 0.6) is 11.5 Å². The van der Waals surface area contributed by atoms with E-state index in [1.165, 1.54) is 7.11 Å². The summed E-state index contributed by atoms with van der Waals surface area (Å²) < 4.78 is 11.5. The third kappa shape index (κ3) is 5.23. The van der Waals surface area contributed by atoms with Crippen LogP contribution in [-0.2, 0) is 4.79 Å². The van der Waals surface area contributed by atoms with Crippen LogP contribution in [0.4, 0.5) is 11.4 Å². The molecular formula is C20H23BrN2O4. The summed E-state index contributed by atoms with van der Waals surface area (Å²) in [6.07, 6.45) is 0.384. The van der Waals surface area contributed by atoms with Gasteiger partial charge >= 0.3 is 0 Å². The van der Waals surface area contributed by atoms with Crippen molar-refractivity contribution in [3.8, 4) is 11.5 Å². The molecule has 0 heterocycles. The van der Waals surface area contributed by atoms with E-state index in [2.05, 4.69) is 26.6 Å². The third-order valence-corrected chi connectivity index (χ3v) is 4.46. The van der Waals surface area contributed by atoms with Gasteiger partial charge in [0, 0.05) is 23.4 Å². The largest absolute Gasteiger partial charge is 0.493 e. The van der Waals surface area contributed by atoms with Gasteiger partial charge < -0.3 is 20.1 Å². The van der Waals surface area contributed by atoms with Gasteiger partial charge in [-0.15, -0.1) is 0 Å². The fourth-order valence-corrected chi connectivity index (χ4v) is 2.97. The van der Waals surface area contributed by atoms with Crippen LogP contribution in [0.1, 0.15) is 36.2 Å². The molecule has 2 amide bonds. The number of benzene rings is 2. The second-order valence-electron chi connectivity index (χ2n) is 5.81. The van der Waals surface area contributed by atoms with Crippen molar-refractivity contribution in [3.05, 3.63) is 45.9 Å². The quantitative estimate of drug-likeness (QED) is 0.657. The molecule has 0 bridgehead atoms. The maximum atomic E-state index is 12.7. The van der Waals surface area contributed by atoms with E-state index in [0.29, 0.717) is 45.9 Å². The average Bonchev–Trinajstić information content (AvgIpc) is 2.65. The molecule has 0 atom stereocenters. The van der Waals surface area contributed by atoms with Gasteiger partial charge in [0.25, 0.3) is 5.91 Å². The topological polar surface area (TPSA) is 76.7 Å². The van der Waals surface area contributed by atoms with Crippen LogP contribution in [0.15, 0.2) is 34.8 Å². The summed E-state index contributed by atoms with van der Waals surface area (Å²) in [5.74, 6) is 0.643. The highest BCUT2D eigenvalue weighted by atomic mass is 79.9. The Labute approximate surface area is 167 Å². The lowest BCUT2D eigenvalue weighted by atomic mass is 10.1. The molecule has 0 aliphatic heterocycles. The Morgan fingerprint density at radius 3 is 2.48 bits per heavy atom. The Bertz CT molecular complexity index is 852. The van der Waals surface area contributed by atoms with Crippen molar-refractivity contribution in [2.45, 2.75) is 27.2 Å². The van der Waals surface area contributed by atoms with Crippen molar-refractivity contribution < 1.29 is 19.1 Å². The molecule has 0 aromatic heterocycles. The molecule has 2 aromatic carbocycles. The van der Waals surface area contributed by atoms with Crippen LogP contribution >= 0.6 is 15.9 Å². The predicted molar refractivity (Wildman–Crippen MR) is 110 cm³/mol. The van der Waals surface area contributed by atoms with Gasteiger partial charge in [0.1, 0.15) is 0 Å². The van der Waals surface area contributed by atoms with Crippen LogP contribution in [-0.4, -0.2) is 25.5 Å². The van der Waals surface area contributed by atoms with Crippen LogP contribution in [0.2, 0.25) is 0 Å². The minimum atomic E-state index is -0.292. The van der Waals surface area contributed by atoms with E-state index in [4.69, 9.17) is 9.47 Å². The van der Waals surface area contributed by atoms with Crippen molar-refractivity contribution in [2.24, 2.45) is 0 Å². The molecule has 0 radical (unpaired) electrons. The second kappa shape index (κ2) is 9.41. The zero-order valence-corrected chi connectivity index (χ0v) is 17.4. The van der Waals surface area contributed by atoms with Crippen molar-refractivity contribution in [1.29, 1.82) is 0 Å².